The third-order valence-electron chi connectivity index (χ3n) is 3.20. The third kappa shape index (κ3) is 6.02. The Hall–Kier alpha value is -1.89. The zero-order valence-electron chi connectivity index (χ0n) is 13.2. The van der Waals surface area contributed by atoms with Crippen LogP contribution in [0.1, 0.15) is 36.5 Å². The van der Waals surface area contributed by atoms with Gasteiger partial charge < -0.3 is 14.7 Å². The topological polar surface area (TPSA) is 83.9 Å². The lowest BCUT2D eigenvalue weighted by molar-refractivity contribution is -0.144. The van der Waals surface area contributed by atoms with Crippen LogP contribution in [0.4, 0.5) is 0 Å². The Morgan fingerprint density at radius 1 is 1.26 bits per heavy atom. The van der Waals surface area contributed by atoms with Crippen molar-refractivity contribution in [2.24, 2.45) is 0 Å². The Morgan fingerprint density at radius 2 is 1.96 bits per heavy atom. The molecule has 0 saturated carbocycles. The number of benzene rings is 1. The highest BCUT2D eigenvalue weighted by molar-refractivity contribution is 9.10. The molecule has 126 valence electrons. The molecule has 0 fully saturated rings. The summed E-state index contributed by atoms with van der Waals surface area (Å²) in [7, 11) is 1.47. The molecule has 0 aromatic heterocycles. The monoisotopic (exact) mass is 385 g/mol. The van der Waals surface area contributed by atoms with Crippen LogP contribution in [-0.2, 0) is 9.59 Å². The van der Waals surface area contributed by atoms with Gasteiger partial charge in [-0.2, -0.15) is 0 Å². The number of methoxy groups -OCH3 is 1. The third-order valence-corrected chi connectivity index (χ3v) is 3.69. The van der Waals surface area contributed by atoms with Gasteiger partial charge in [0, 0.05) is 23.9 Å². The molecule has 23 heavy (non-hydrogen) atoms. The van der Waals surface area contributed by atoms with Crippen LogP contribution < -0.4 is 4.74 Å². The van der Waals surface area contributed by atoms with Crippen molar-refractivity contribution in [3.63, 3.8) is 0 Å². The van der Waals surface area contributed by atoms with Gasteiger partial charge in [-0.25, -0.2) is 0 Å². The molecule has 0 saturated heterocycles. The van der Waals surface area contributed by atoms with Gasteiger partial charge in [0.15, 0.2) is 5.78 Å². The lowest BCUT2D eigenvalue weighted by Gasteiger charge is -2.19. The summed E-state index contributed by atoms with van der Waals surface area (Å²) >= 11 is 3.30. The van der Waals surface area contributed by atoms with Crippen LogP contribution in [0.2, 0.25) is 0 Å². The molecule has 0 atom stereocenters. The number of hydrogen-bond acceptors (Lipinski definition) is 4. The van der Waals surface area contributed by atoms with Crippen molar-refractivity contribution in [2.45, 2.75) is 26.2 Å². The predicted molar refractivity (Wildman–Crippen MR) is 88.8 cm³/mol. The average Bonchev–Trinajstić information content (AvgIpc) is 2.51. The highest BCUT2D eigenvalue weighted by Gasteiger charge is 2.19. The Bertz CT molecular complexity index is 588. The van der Waals surface area contributed by atoms with Gasteiger partial charge in [0.1, 0.15) is 12.3 Å². The zero-order chi connectivity index (χ0) is 17.4. The van der Waals surface area contributed by atoms with E-state index in [4.69, 9.17) is 9.84 Å². The number of carboxylic acids is 1. The van der Waals surface area contributed by atoms with Gasteiger partial charge >= 0.3 is 5.97 Å². The zero-order valence-corrected chi connectivity index (χ0v) is 14.8. The van der Waals surface area contributed by atoms with E-state index >= 15 is 0 Å². The molecule has 6 nitrogen and oxygen atoms in total. The second-order valence-electron chi connectivity index (χ2n) is 4.98. The van der Waals surface area contributed by atoms with Crippen molar-refractivity contribution in [1.29, 1.82) is 0 Å². The normalized spacial score (nSPS) is 10.2. The SMILES string of the molecule is CCCN(CC(=O)O)C(=O)CCC(=O)c1cc(Br)ccc1OC. The predicted octanol–water partition coefficient (Wildman–Crippen LogP) is 2.74. The summed E-state index contributed by atoms with van der Waals surface area (Å²) in [6.45, 7) is 1.88. The van der Waals surface area contributed by atoms with E-state index in [-0.39, 0.29) is 31.1 Å². The van der Waals surface area contributed by atoms with Crippen molar-refractivity contribution in [2.75, 3.05) is 20.2 Å². The summed E-state index contributed by atoms with van der Waals surface area (Å²) in [6.07, 6.45) is 0.639. The number of nitrogens with zero attached hydrogens (tertiary/aromatic N) is 1. The Morgan fingerprint density at radius 3 is 2.52 bits per heavy atom. The van der Waals surface area contributed by atoms with E-state index in [1.54, 1.807) is 18.2 Å². The van der Waals surface area contributed by atoms with Crippen molar-refractivity contribution in [1.82, 2.24) is 4.90 Å². The molecule has 1 rings (SSSR count). The van der Waals surface area contributed by atoms with E-state index in [0.717, 1.165) is 4.47 Å². The number of amides is 1. The number of rotatable bonds is 9. The first kappa shape index (κ1) is 19.2. The van der Waals surface area contributed by atoms with Crippen molar-refractivity contribution < 1.29 is 24.2 Å². The van der Waals surface area contributed by atoms with Gasteiger partial charge in [-0.15, -0.1) is 0 Å². The highest BCUT2D eigenvalue weighted by atomic mass is 79.9. The van der Waals surface area contributed by atoms with Crippen molar-refractivity contribution in [3.8, 4) is 5.75 Å². The van der Waals surface area contributed by atoms with Gasteiger partial charge in [0.2, 0.25) is 5.91 Å². The molecular formula is C16H20BrNO5. The maximum Gasteiger partial charge on any atom is 0.323 e. The van der Waals surface area contributed by atoms with Gasteiger partial charge in [-0.05, 0) is 24.6 Å². The Kier molecular flexibility index (Phi) is 7.74. The molecule has 1 N–H and O–H groups in total. The van der Waals surface area contributed by atoms with Gasteiger partial charge in [0.05, 0.1) is 12.7 Å². The van der Waals surface area contributed by atoms with Crippen LogP contribution in [0.25, 0.3) is 0 Å². The van der Waals surface area contributed by atoms with E-state index in [1.807, 2.05) is 6.92 Å². The van der Waals surface area contributed by atoms with E-state index in [0.29, 0.717) is 24.3 Å². The molecule has 0 aliphatic carbocycles. The minimum Gasteiger partial charge on any atom is -0.496 e. The molecule has 0 spiro atoms. The Labute approximate surface area is 143 Å². The second kappa shape index (κ2) is 9.29. The quantitative estimate of drug-likeness (QED) is 0.660. The van der Waals surface area contributed by atoms with Crippen LogP contribution in [0.15, 0.2) is 22.7 Å². The van der Waals surface area contributed by atoms with E-state index in [2.05, 4.69) is 15.9 Å². The first-order chi connectivity index (χ1) is 10.9. The van der Waals surface area contributed by atoms with Crippen molar-refractivity contribution in [3.05, 3.63) is 28.2 Å². The molecule has 7 heteroatoms. The maximum absolute atomic E-state index is 12.3. The molecule has 0 aliphatic rings. The lowest BCUT2D eigenvalue weighted by Crippen LogP contribution is -2.36. The largest absolute Gasteiger partial charge is 0.496 e. The van der Waals surface area contributed by atoms with Gasteiger partial charge in [-0.1, -0.05) is 22.9 Å². The van der Waals surface area contributed by atoms with E-state index in [1.165, 1.54) is 12.0 Å². The minimum atomic E-state index is -1.06. The van der Waals surface area contributed by atoms with E-state index in [9.17, 15) is 14.4 Å². The summed E-state index contributed by atoms with van der Waals surface area (Å²) in [5.41, 5.74) is 0.398. The highest BCUT2D eigenvalue weighted by Crippen LogP contribution is 2.24. The summed E-state index contributed by atoms with van der Waals surface area (Å²) in [5, 5.41) is 8.83. The smallest absolute Gasteiger partial charge is 0.323 e. The number of carbonyl (C=O) groups excluding carboxylic acids is 2. The molecule has 1 aromatic carbocycles. The molecule has 0 radical (unpaired) electrons. The minimum absolute atomic E-state index is 0.00544. The number of carbonyl (C=O) groups is 3. The molecule has 0 aliphatic heterocycles. The second-order valence-corrected chi connectivity index (χ2v) is 5.89. The van der Waals surface area contributed by atoms with Gasteiger partial charge in [0.25, 0.3) is 0 Å². The maximum atomic E-state index is 12.3. The first-order valence-electron chi connectivity index (χ1n) is 7.25. The number of carboxylic acid groups (broad SMARTS) is 1. The standard InChI is InChI=1S/C16H20BrNO5/c1-3-8-18(10-16(21)22)15(20)7-5-13(19)12-9-11(17)4-6-14(12)23-2/h4,6,9H,3,5,7-8,10H2,1-2H3,(H,21,22). The summed E-state index contributed by atoms with van der Waals surface area (Å²) in [6, 6.07) is 5.08. The van der Waals surface area contributed by atoms with Crippen molar-refractivity contribution >= 4 is 33.6 Å². The van der Waals surface area contributed by atoms with Crippen LogP contribution in [-0.4, -0.2) is 47.9 Å². The summed E-state index contributed by atoms with van der Waals surface area (Å²) in [4.78, 5) is 36.4. The van der Waals surface area contributed by atoms with Crippen LogP contribution >= 0.6 is 15.9 Å². The number of hydrogen-bond donors (Lipinski definition) is 1. The fraction of sp³-hybridized carbons (Fsp3) is 0.438. The van der Waals surface area contributed by atoms with Crippen LogP contribution in [0, 0.1) is 0 Å². The first-order valence-corrected chi connectivity index (χ1v) is 8.04. The Balaban J connectivity index is 2.72. The molecule has 0 bridgehead atoms. The van der Waals surface area contributed by atoms with Crippen LogP contribution in [0.3, 0.4) is 0 Å². The van der Waals surface area contributed by atoms with E-state index < -0.39 is 5.97 Å². The molecule has 0 heterocycles. The molecule has 1 aromatic rings. The number of ketones is 1. The molecule has 1 amide bonds. The van der Waals surface area contributed by atoms with Crippen LogP contribution in [0.5, 0.6) is 5.75 Å². The number of Topliss-reactive ketones (excluding diaryl/α,β-unsaturated/α-hetero) is 1. The molecular weight excluding hydrogens is 366 g/mol. The molecule has 0 unspecified atom stereocenters. The average molecular weight is 386 g/mol. The fourth-order valence-corrected chi connectivity index (χ4v) is 2.50. The number of aliphatic carboxylic acids is 1. The summed E-state index contributed by atoms with van der Waals surface area (Å²) < 4.78 is 5.89. The number of halogens is 1. The summed E-state index contributed by atoms with van der Waals surface area (Å²) in [5.74, 6) is -1.17. The fourth-order valence-electron chi connectivity index (χ4n) is 2.14. The lowest BCUT2D eigenvalue weighted by atomic mass is 10.0. The number of ether oxygens (including phenoxy) is 1. The van der Waals surface area contributed by atoms with Gasteiger partial charge in [-0.3, -0.25) is 14.4 Å².